The van der Waals surface area contributed by atoms with Crippen LogP contribution in [0.4, 0.5) is 57.1 Å². The predicted octanol–water partition coefficient (Wildman–Crippen LogP) is 4.06. The molecule has 0 spiro atoms. The van der Waals surface area contributed by atoms with Gasteiger partial charge in [0.05, 0.1) is 0 Å². The van der Waals surface area contributed by atoms with E-state index in [4.69, 9.17) is 0 Å². The standard InChI is InChI=1S/C13H12F13NO4S/c1-3-7(28)31-6-5-27(4-2)32(29,30)13(25,26)11(20,21)9(16,17)8(14,15)10(18,19)12(22,23)24/h3H,1,4-6H2,2H3. The van der Waals surface area contributed by atoms with E-state index in [9.17, 15) is 70.3 Å². The van der Waals surface area contributed by atoms with Crippen molar-refractivity contribution < 1.29 is 75.0 Å². The van der Waals surface area contributed by atoms with Crippen molar-refractivity contribution in [2.45, 2.75) is 42.0 Å². The van der Waals surface area contributed by atoms with Crippen molar-refractivity contribution in [3.8, 4) is 0 Å². The first-order valence-electron chi connectivity index (χ1n) is 7.66. The molecule has 32 heavy (non-hydrogen) atoms. The fourth-order valence-corrected chi connectivity index (χ4v) is 3.27. The summed E-state index contributed by atoms with van der Waals surface area (Å²) in [5, 5.41) is -7.34. The molecular weight excluding hydrogens is 513 g/mol. The topological polar surface area (TPSA) is 63.7 Å². The molecule has 0 saturated carbocycles. The zero-order valence-electron chi connectivity index (χ0n) is 15.3. The van der Waals surface area contributed by atoms with Crippen molar-refractivity contribution in [2.24, 2.45) is 0 Å². The van der Waals surface area contributed by atoms with Gasteiger partial charge in [-0.25, -0.2) is 13.2 Å². The van der Waals surface area contributed by atoms with Crippen LogP contribution in [0.25, 0.3) is 0 Å². The van der Waals surface area contributed by atoms with Crippen LogP contribution in [0, 0.1) is 0 Å². The minimum Gasteiger partial charge on any atom is -0.461 e. The van der Waals surface area contributed by atoms with Gasteiger partial charge >= 0.3 is 41.1 Å². The number of hydrogen-bond acceptors (Lipinski definition) is 4. The second-order valence-corrected chi connectivity index (χ2v) is 7.66. The highest BCUT2D eigenvalue weighted by atomic mass is 32.2. The van der Waals surface area contributed by atoms with Crippen LogP contribution in [0.5, 0.6) is 0 Å². The van der Waals surface area contributed by atoms with Crippen LogP contribution in [0.15, 0.2) is 12.7 Å². The molecule has 0 fully saturated rings. The summed E-state index contributed by atoms with van der Waals surface area (Å²) in [6, 6.07) is 0. The summed E-state index contributed by atoms with van der Waals surface area (Å²) in [4.78, 5) is 10.8. The van der Waals surface area contributed by atoms with Gasteiger partial charge in [0, 0.05) is 19.2 Å². The van der Waals surface area contributed by atoms with Gasteiger partial charge in [0.15, 0.2) is 0 Å². The molecule has 0 aromatic heterocycles. The highest BCUT2D eigenvalue weighted by Crippen LogP contribution is 2.61. The first-order valence-corrected chi connectivity index (χ1v) is 9.10. The van der Waals surface area contributed by atoms with E-state index in [1.54, 1.807) is 0 Å². The third-order valence-electron chi connectivity index (χ3n) is 3.67. The van der Waals surface area contributed by atoms with Crippen LogP contribution in [-0.2, 0) is 19.6 Å². The summed E-state index contributed by atoms with van der Waals surface area (Å²) >= 11 is 0. The van der Waals surface area contributed by atoms with E-state index in [1.165, 1.54) is 0 Å². The van der Waals surface area contributed by atoms with Crippen LogP contribution >= 0.6 is 0 Å². The van der Waals surface area contributed by atoms with Crippen LogP contribution < -0.4 is 0 Å². The number of esters is 1. The lowest BCUT2D eigenvalue weighted by Gasteiger charge is -2.40. The smallest absolute Gasteiger partial charge is 0.460 e. The molecule has 19 heteroatoms. The number of alkyl halides is 13. The van der Waals surface area contributed by atoms with Gasteiger partial charge in [0.25, 0.3) is 10.0 Å². The van der Waals surface area contributed by atoms with Gasteiger partial charge in [-0.3, -0.25) is 0 Å². The number of carbonyl (C=O) groups excluding carboxylic acids is 1. The Labute approximate surface area is 170 Å². The molecule has 0 aliphatic carbocycles. The Morgan fingerprint density at radius 2 is 1.25 bits per heavy atom. The minimum atomic E-state index is -8.25. The summed E-state index contributed by atoms with van der Waals surface area (Å²) < 4.78 is 197. The number of hydrogen-bond donors (Lipinski definition) is 0. The van der Waals surface area contributed by atoms with Crippen molar-refractivity contribution in [1.82, 2.24) is 4.31 Å². The molecule has 0 amide bonds. The van der Waals surface area contributed by atoms with E-state index in [0.29, 0.717) is 13.0 Å². The van der Waals surface area contributed by atoms with Gasteiger partial charge in [0.2, 0.25) is 0 Å². The maximum absolute atomic E-state index is 13.9. The van der Waals surface area contributed by atoms with E-state index >= 15 is 0 Å². The second-order valence-electron chi connectivity index (χ2n) is 5.68. The first-order chi connectivity index (χ1) is 13.9. The van der Waals surface area contributed by atoms with Crippen LogP contribution in [-0.4, -0.2) is 73.5 Å². The average molecular weight is 525 g/mol. The molecule has 0 saturated heterocycles. The molecule has 0 aliphatic rings. The third kappa shape index (κ3) is 4.49. The molecular formula is C13H12F13NO4S. The lowest BCUT2D eigenvalue weighted by Crippen LogP contribution is -2.71. The average Bonchev–Trinajstić information content (AvgIpc) is 2.62. The lowest BCUT2D eigenvalue weighted by atomic mass is 9.98. The highest BCUT2D eigenvalue weighted by Gasteiger charge is 2.92. The second kappa shape index (κ2) is 8.86. The maximum Gasteiger partial charge on any atom is 0.460 e. The van der Waals surface area contributed by atoms with Crippen LogP contribution in [0.2, 0.25) is 0 Å². The number of rotatable bonds is 11. The van der Waals surface area contributed by atoms with E-state index in [2.05, 4.69) is 11.3 Å². The van der Waals surface area contributed by atoms with E-state index in [1.807, 2.05) is 0 Å². The zero-order chi connectivity index (χ0) is 26.2. The molecule has 0 atom stereocenters. The van der Waals surface area contributed by atoms with E-state index in [0.717, 1.165) is 0 Å². The Bertz CT molecular complexity index is 807. The van der Waals surface area contributed by atoms with Crippen LogP contribution in [0.3, 0.4) is 0 Å². The molecule has 0 N–H and O–H groups in total. The summed E-state index contributed by atoms with van der Waals surface area (Å²) in [5.41, 5.74) is 0. The molecule has 0 heterocycles. The SMILES string of the molecule is C=CC(=O)OCCN(CC)S(=O)(=O)C(F)(F)C(F)(F)C(F)(F)C(F)(F)C(F)(F)C(F)(F)F. The number of halogens is 13. The summed E-state index contributed by atoms with van der Waals surface area (Å²) in [7, 11) is -7.14. The van der Waals surface area contributed by atoms with Gasteiger partial charge in [-0.15, -0.1) is 0 Å². The van der Waals surface area contributed by atoms with Crippen molar-refractivity contribution >= 4 is 16.0 Å². The Kier molecular flexibility index (Phi) is 8.37. The number of likely N-dealkylation sites (N-methyl/N-ethyl adjacent to an activating group) is 1. The highest BCUT2D eigenvalue weighted by molar-refractivity contribution is 7.90. The largest absolute Gasteiger partial charge is 0.461 e. The van der Waals surface area contributed by atoms with Crippen molar-refractivity contribution in [1.29, 1.82) is 0 Å². The van der Waals surface area contributed by atoms with Gasteiger partial charge in [0.1, 0.15) is 6.61 Å². The van der Waals surface area contributed by atoms with Gasteiger partial charge in [-0.2, -0.15) is 61.4 Å². The molecule has 0 aromatic carbocycles. The van der Waals surface area contributed by atoms with E-state index < -0.39 is 75.1 Å². The van der Waals surface area contributed by atoms with Gasteiger partial charge in [-0.05, 0) is 0 Å². The summed E-state index contributed by atoms with van der Waals surface area (Å²) in [6.45, 7) is -0.404. The molecule has 0 aliphatic heterocycles. The Balaban J connectivity index is 6.40. The first kappa shape index (κ1) is 30.2. The zero-order valence-corrected chi connectivity index (χ0v) is 16.1. The molecule has 0 radical (unpaired) electrons. The number of sulfonamides is 1. The molecule has 190 valence electrons. The molecule has 0 bridgehead atoms. The Hall–Kier alpha value is -1.79. The minimum absolute atomic E-state index is 0.469. The van der Waals surface area contributed by atoms with Gasteiger partial charge in [-0.1, -0.05) is 13.5 Å². The number of nitrogens with zero attached hydrogens (tertiary/aromatic N) is 1. The number of ether oxygens (including phenoxy) is 1. The van der Waals surface area contributed by atoms with Crippen molar-refractivity contribution in [2.75, 3.05) is 19.7 Å². The molecule has 0 rings (SSSR count). The van der Waals surface area contributed by atoms with Crippen molar-refractivity contribution in [3.63, 3.8) is 0 Å². The number of carbonyl (C=O) groups is 1. The molecule has 0 unspecified atom stereocenters. The monoisotopic (exact) mass is 525 g/mol. The van der Waals surface area contributed by atoms with E-state index in [-0.39, 0.29) is 0 Å². The lowest BCUT2D eigenvalue weighted by molar-refractivity contribution is -0.433. The Morgan fingerprint density at radius 3 is 1.59 bits per heavy atom. The third-order valence-corrected chi connectivity index (χ3v) is 5.70. The fraction of sp³-hybridized carbons (Fsp3) is 0.769. The quantitative estimate of drug-likeness (QED) is 0.232. The summed E-state index contributed by atoms with van der Waals surface area (Å²) in [5.74, 6) is -33.7. The molecule has 5 nitrogen and oxygen atoms in total. The van der Waals surface area contributed by atoms with Crippen LogP contribution in [0.1, 0.15) is 6.92 Å². The van der Waals surface area contributed by atoms with Gasteiger partial charge < -0.3 is 4.74 Å². The maximum atomic E-state index is 13.9. The molecule has 0 aromatic rings. The predicted molar refractivity (Wildman–Crippen MR) is 78.1 cm³/mol. The van der Waals surface area contributed by atoms with Crippen molar-refractivity contribution in [3.05, 3.63) is 12.7 Å². The fourth-order valence-electron chi connectivity index (χ4n) is 1.83. The normalized spacial score (nSPS) is 15.1. The Morgan fingerprint density at radius 1 is 0.844 bits per heavy atom. The summed E-state index contributed by atoms with van der Waals surface area (Å²) in [6.07, 6.45) is -7.15.